The summed E-state index contributed by atoms with van der Waals surface area (Å²) in [5.74, 6) is 1.21. The third kappa shape index (κ3) is 4.19. The predicted molar refractivity (Wildman–Crippen MR) is 39.3 cm³/mol. The van der Waals surface area contributed by atoms with E-state index in [1.54, 1.807) is 6.92 Å². The molecule has 0 aromatic rings. The van der Waals surface area contributed by atoms with E-state index in [9.17, 15) is 4.79 Å². The summed E-state index contributed by atoms with van der Waals surface area (Å²) in [5.41, 5.74) is 0. The van der Waals surface area contributed by atoms with Gasteiger partial charge >= 0.3 is 0 Å². The van der Waals surface area contributed by atoms with Gasteiger partial charge in [-0.2, -0.15) is 0 Å². The molecule has 0 unspecified atom stereocenters. The molecule has 1 nitrogen and oxygen atoms in total. The molecular formula is C8H16O. The SMILES string of the molecule is CC(=O)[C@@H](C)CC(C)C. The highest BCUT2D eigenvalue weighted by molar-refractivity contribution is 5.77. The van der Waals surface area contributed by atoms with E-state index in [0.717, 1.165) is 6.42 Å². The van der Waals surface area contributed by atoms with Gasteiger partial charge in [-0.05, 0) is 19.3 Å². The first-order valence-corrected chi connectivity index (χ1v) is 3.54. The van der Waals surface area contributed by atoms with Crippen LogP contribution in [0.15, 0.2) is 0 Å². The van der Waals surface area contributed by atoms with Crippen molar-refractivity contribution in [3.8, 4) is 0 Å². The van der Waals surface area contributed by atoms with E-state index in [1.807, 2.05) is 6.92 Å². The van der Waals surface area contributed by atoms with Gasteiger partial charge in [0, 0.05) is 5.92 Å². The number of ketones is 1. The molecular weight excluding hydrogens is 112 g/mol. The Labute approximate surface area is 57.5 Å². The van der Waals surface area contributed by atoms with Crippen molar-refractivity contribution in [1.82, 2.24) is 0 Å². The normalized spacial score (nSPS) is 13.9. The summed E-state index contributed by atoms with van der Waals surface area (Å²) in [6, 6.07) is 0. The van der Waals surface area contributed by atoms with E-state index >= 15 is 0 Å². The van der Waals surface area contributed by atoms with Crippen LogP contribution < -0.4 is 0 Å². The van der Waals surface area contributed by atoms with Gasteiger partial charge in [-0.15, -0.1) is 0 Å². The van der Waals surface area contributed by atoms with Gasteiger partial charge in [0.15, 0.2) is 0 Å². The number of rotatable bonds is 3. The number of hydrogen-bond donors (Lipinski definition) is 0. The van der Waals surface area contributed by atoms with Crippen molar-refractivity contribution in [2.45, 2.75) is 34.1 Å². The smallest absolute Gasteiger partial charge is 0.132 e. The lowest BCUT2D eigenvalue weighted by Gasteiger charge is -2.08. The Bertz CT molecular complexity index is 94.7. The van der Waals surface area contributed by atoms with Crippen LogP contribution in [-0.2, 0) is 4.79 Å². The van der Waals surface area contributed by atoms with Crippen LogP contribution in [-0.4, -0.2) is 5.78 Å². The van der Waals surface area contributed by atoms with Crippen molar-refractivity contribution in [1.29, 1.82) is 0 Å². The molecule has 0 fully saturated rings. The first kappa shape index (κ1) is 8.67. The fourth-order valence-corrected chi connectivity index (χ4v) is 0.873. The average molecular weight is 128 g/mol. The van der Waals surface area contributed by atoms with Gasteiger partial charge < -0.3 is 0 Å². The highest BCUT2D eigenvalue weighted by Gasteiger charge is 2.08. The molecule has 0 N–H and O–H groups in total. The van der Waals surface area contributed by atoms with Crippen molar-refractivity contribution in [3.05, 3.63) is 0 Å². The van der Waals surface area contributed by atoms with Gasteiger partial charge in [0.25, 0.3) is 0 Å². The van der Waals surface area contributed by atoms with Gasteiger partial charge in [0.05, 0.1) is 0 Å². The summed E-state index contributed by atoms with van der Waals surface area (Å²) >= 11 is 0. The minimum atomic E-state index is 0.255. The molecule has 0 aliphatic rings. The van der Waals surface area contributed by atoms with Crippen LogP contribution in [0.2, 0.25) is 0 Å². The van der Waals surface area contributed by atoms with Crippen LogP contribution in [0.4, 0.5) is 0 Å². The number of Topliss-reactive ketones (excluding diaryl/α,β-unsaturated/α-hetero) is 1. The summed E-state index contributed by atoms with van der Waals surface area (Å²) in [6.45, 7) is 7.92. The second-order valence-corrected chi connectivity index (χ2v) is 3.14. The molecule has 0 spiro atoms. The first-order chi connectivity index (χ1) is 4.04. The van der Waals surface area contributed by atoms with Gasteiger partial charge in [-0.1, -0.05) is 20.8 Å². The standard InChI is InChI=1S/C8H16O/c1-6(2)5-7(3)8(4)9/h6-7H,5H2,1-4H3/t7-/m0/s1. The Kier molecular flexibility index (Phi) is 3.52. The van der Waals surface area contributed by atoms with Crippen molar-refractivity contribution in [2.75, 3.05) is 0 Å². The number of carbonyl (C=O) groups is 1. The topological polar surface area (TPSA) is 17.1 Å². The van der Waals surface area contributed by atoms with E-state index in [1.165, 1.54) is 0 Å². The fourth-order valence-electron chi connectivity index (χ4n) is 0.873. The van der Waals surface area contributed by atoms with Crippen molar-refractivity contribution < 1.29 is 4.79 Å². The lowest BCUT2D eigenvalue weighted by molar-refractivity contribution is -0.120. The largest absolute Gasteiger partial charge is 0.300 e. The number of hydrogen-bond acceptors (Lipinski definition) is 1. The van der Waals surface area contributed by atoms with Crippen molar-refractivity contribution in [2.24, 2.45) is 11.8 Å². The maximum Gasteiger partial charge on any atom is 0.132 e. The summed E-state index contributed by atoms with van der Waals surface area (Å²) in [6.07, 6.45) is 1.02. The average Bonchev–Trinajstić information content (AvgIpc) is 1.63. The molecule has 1 heteroatoms. The monoisotopic (exact) mass is 128 g/mol. The minimum absolute atomic E-state index is 0.255. The lowest BCUT2D eigenvalue weighted by Crippen LogP contribution is -2.08. The Balaban J connectivity index is 3.50. The second-order valence-electron chi connectivity index (χ2n) is 3.14. The zero-order valence-electron chi connectivity index (χ0n) is 6.77. The summed E-state index contributed by atoms with van der Waals surface area (Å²) in [4.78, 5) is 10.7. The van der Waals surface area contributed by atoms with Gasteiger partial charge in [-0.25, -0.2) is 0 Å². The molecule has 0 saturated heterocycles. The van der Waals surface area contributed by atoms with Gasteiger partial charge in [0.1, 0.15) is 5.78 Å². The molecule has 0 amide bonds. The highest BCUT2D eigenvalue weighted by atomic mass is 16.1. The third-order valence-electron chi connectivity index (χ3n) is 1.52. The third-order valence-corrected chi connectivity index (χ3v) is 1.52. The van der Waals surface area contributed by atoms with Crippen LogP contribution in [0.5, 0.6) is 0 Å². The highest BCUT2D eigenvalue weighted by Crippen LogP contribution is 2.10. The molecule has 0 heterocycles. The van der Waals surface area contributed by atoms with E-state index in [-0.39, 0.29) is 5.92 Å². The molecule has 54 valence electrons. The second kappa shape index (κ2) is 3.65. The first-order valence-electron chi connectivity index (χ1n) is 3.54. The maximum atomic E-state index is 10.7. The Hall–Kier alpha value is -0.330. The van der Waals surface area contributed by atoms with Crippen molar-refractivity contribution >= 4 is 5.78 Å². The van der Waals surface area contributed by atoms with E-state index in [2.05, 4.69) is 13.8 Å². The predicted octanol–water partition coefficient (Wildman–Crippen LogP) is 2.26. The lowest BCUT2D eigenvalue weighted by atomic mass is 9.96. The molecule has 0 radical (unpaired) electrons. The zero-order chi connectivity index (χ0) is 7.44. The Morgan fingerprint density at radius 2 is 1.78 bits per heavy atom. The molecule has 0 rings (SSSR count). The molecule has 0 aliphatic heterocycles. The number of carbonyl (C=O) groups excluding carboxylic acids is 1. The van der Waals surface area contributed by atoms with Crippen LogP contribution in [0, 0.1) is 11.8 Å². The molecule has 0 aliphatic carbocycles. The minimum Gasteiger partial charge on any atom is -0.300 e. The van der Waals surface area contributed by atoms with Gasteiger partial charge in [0.2, 0.25) is 0 Å². The van der Waals surface area contributed by atoms with Crippen LogP contribution in [0.1, 0.15) is 34.1 Å². The molecule has 0 aromatic carbocycles. The van der Waals surface area contributed by atoms with E-state index in [0.29, 0.717) is 11.7 Å². The molecule has 9 heavy (non-hydrogen) atoms. The van der Waals surface area contributed by atoms with E-state index in [4.69, 9.17) is 0 Å². The summed E-state index contributed by atoms with van der Waals surface area (Å²) < 4.78 is 0. The van der Waals surface area contributed by atoms with Crippen LogP contribution in [0.25, 0.3) is 0 Å². The molecule has 1 atom stereocenters. The van der Waals surface area contributed by atoms with E-state index < -0.39 is 0 Å². The zero-order valence-corrected chi connectivity index (χ0v) is 6.77. The fraction of sp³-hybridized carbons (Fsp3) is 0.875. The van der Waals surface area contributed by atoms with Crippen molar-refractivity contribution in [3.63, 3.8) is 0 Å². The molecule has 0 saturated carbocycles. The molecule has 0 bridgehead atoms. The maximum absolute atomic E-state index is 10.7. The van der Waals surface area contributed by atoms with Crippen LogP contribution >= 0.6 is 0 Å². The molecule has 0 aromatic heterocycles. The Morgan fingerprint density at radius 3 is 1.89 bits per heavy atom. The summed E-state index contributed by atoms with van der Waals surface area (Å²) in [7, 11) is 0. The van der Waals surface area contributed by atoms with Gasteiger partial charge in [-0.3, -0.25) is 4.79 Å². The van der Waals surface area contributed by atoms with Crippen LogP contribution in [0.3, 0.4) is 0 Å². The summed E-state index contributed by atoms with van der Waals surface area (Å²) in [5, 5.41) is 0. The quantitative estimate of drug-likeness (QED) is 0.569. The Morgan fingerprint density at radius 1 is 1.33 bits per heavy atom.